The molecule has 1 aliphatic rings. The van der Waals surface area contributed by atoms with Gasteiger partial charge in [0.05, 0.1) is 176 Å². The Labute approximate surface area is 322 Å². The Morgan fingerprint density at radius 2 is 0.778 bits per heavy atom. The Balaban J connectivity index is 1.22. The highest BCUT2D eigenvalue weighted by molar-refractivity contribution is 5.16. The van der Waals surface area contributed by atoms with Gasteiger partial charge in [-0.05, 0) is 18.9 Å². The fourth-order valence-corrected chi connectivity index (χ4v) is 4.96. The molecule has 1 heterocycles. The molecular formula is C37H68N2O15. The number of nitrogens with zero attached hydrogens (tertiary/aromatic N) is 2. The summed E-state index contributed by atoms with van der Waals surface area (Å²) in [6.45, 7) is 12.9. The van der Waals surface area contributed by atoms with Gasteiger partial charge in [-0.25, -0.2) is 9.97 Å². The number of methoxy groups -OCH3 is 3. The van der Waals surface area contributed by atoms with Gasteiger partial charge in [0.25, 0.3) is 0 Å². The van der Waals surface area contributed by atoms with Crippen LogP contribution in [0.25, 0.3) is 0 Å². The molecule has 1 aromatic rings. The van der Waals surface area contributed by atoms with E-state index < -0.39 is 6.29 Å². The van der Waals surface area contributed by atoms with E-state index in [2.05, 4.69) is 4.98 Å². The van der Waals surface area contributed by atoms with Gasteiger partial charge in [0.15, 0.2) is 0 Å². The van der Waals surface area contributed by atoms with Crippen LogP contribution < -0.4 is 0 Å². The van der Waals surface area contributed by atoms with Gasteiger partial charge < -0.3 is 71.1 Å². The predicted molar refractivity (Wildman–Crippen MR) is 196 cm³/mol. The van der Waals surface area contributed by atoms with Gasteiger partial charge in [0.2, 0.25) is 6.29 Å². The highest BCUT2D eigenvalue weighted by Crippen LogP contribution is 2.42. The van der Waals surface area contributed by atoms with Crippen molar-refractivity contribution in [3.63, 3.8) is 0 Å². The Bertz CT molecular complexity index is 946. The van der Waals surface area contributed by atoms with Crippen LogP contribution in [-0.4, -0.2) is 196 Å². The molecule has 0 aromatic carbocycles. The normalized spacial score (nSPS) is 13.9. The summed E-state index contributed by atoms with van der Waals surface area (Å²) in [5.41, 5.74) is 0.551. The molecule has 1 saturated carbocycles. The third-order valence-electron chi connectivity index (χ3n) is 8.03. The molecule has 17 heteroatoms. The average molecular weight is 781 g/mol. The van der Waals surface area contributed by atoms with Gasteiger partial charge in [-0.1, -0.05) is 6.42 Å². The zero-order chi connectivity index (χ0) is 38.5. The van der Waals surface area contributed by atoms with E-state index in [4.69, 9.17) is 76.0 Å². The van der Waals surface area contributed by atoms with Crippen LogP contribution in [0.3, 0.4) is 0 Å². The minimum atomic E-state index is -0.509. The van der Waals surface area contributed by atoms with E-state index >= 15 is 0 Å². The van der Waals surface area contributed by atoms with Crippen LogP contribution in [-0.2, 0) is 76.5 Å². The summed E-state index contributed by atoms with van der Waals surface area (Å²) in [6.07, 6.45) is 4.37. The maximum absolute atomic E-state index is 5.95. The first-order valence-corrected chi connectivity index (χ1v) is 19.1. The lowest BCUT2D eigenvalue weighted by Gasteiger charge is -2.40. The Hall–Kier alpha value is -1.52. The second kappa shape index (κ2) is 35.9. The van der Waals surface area contributed by atoms with Crippen LogP contribution in [0.4, 0.5) is 0 Å². The van der Waals surface area contributed by atoms with Crippen molar-refractivity contribution in [2.45, 2.75) is 31.0 Å². The van der Waals surface area contributed by atoms with Crippen LogP contribution >= 0.6 is 0 Å². The van der Waals surface area contributed by atoms with Crippen LogP contribution in [0, 0.1) is 0 Å². The zero-order valence-electron chi connectivity index (χ0n) is 33.0. The van der Waals surface area contributed by atoms with Gasteiger partial charge >= 0.3 is 0 Å². The van der Waals surface area contributed by atoms with Gasteiger partial charge in [-0.15, -0.1) is 0 Å². The van der Waals surface area contributed by atoms with Gasteiger partial charge in [-0.2, -0.15) is 0 Å². The van der Waals surface area contributed by atoms with Crippen molar-refractivity contribution in [2.75, 3.05) is 187 Å². The van der Waals surface area contributed by atoms with Crippen LogP contribution in [0.15, 0.2) is 12.3 Å². The highest BCUT2D eigenvalue weighted by Gasteiger charge is 2.42. The number of rotatable bonds is 42. The molecule has 17 nitrogen and oxygen atoms in total. The molecule has 1 fully saturated rings. The first kappa shape index (κ1) is 48.6. The molecule has 0 N–H and O–H groups in total. The Morgan fingerprint density at radius 1 is 0.463 bits per heavy atom. The van der Waals surface area contributed by atoms with Crippen molar-refractivity contribution in [3.05, 3.63) is 23.8 Å². The summed E-state index contributed by atoms with van der Waals surface area (Å²) in [4.78, 5) is 9.23. The quantitative estimate of drug-likeness (QED) is 0.0699. The third-order valence-corrected chi connectivity index (χ3v) is 8.03. The summed E-state index contributed by atoms with van der Waals surface area (Å²) in [7, 11) is 4.83. The number of aromatic nitrogens is 2. The van der Waals surface area contributed by atoms with Crippen molar-refractivity contribution in [1.82, 2.24) is 9.97 Å². The van der Waals surface area contributed by atoms with E-state index in [1.807, 2.05) is 6.07 Å². The Kier molecular flexibility index (Phi) is 32.3. The lowest BCUT2D eigenvalue weighted by Crippen LogP contribution is -2.41. The first-order valence-electron chi connectivity index (χ1n) is 19.1. The second-order valence-corrected chi connectivity index (χ2v) is 12.0. The summed E-state index contributed by atoms with van der Waals surface area (Å²) in [5, 5.41) is 0. The maximum atomic E-state index is 5.95. The molecule has 0 amide bonds. The van der Waals surface area contributed by atoms with E-state index in [1.165, 1.54) is 0 Å². The first-order chi connectivity index (χ1) is 26.8. The summed E-state index contributed by atoms with van der Waals surface area (Å²) >= 11 is 0. The van der Waals surface area contributed by atoms with Crippen LogP contribution in [0.2, 0.25) is 0 Å². The van der Waals surface area contributed by atoms with Crippen molar-refractivity contribution in [3.8, 4) is 0 Å². The summed E-state index contributed by atoms with van der Waals surface area (Å²) in [5.74, 6) is 0.783. The van der Waals surface area contributed by atoms with E-state index in [0.29, 0.717) is 171 Å². The topological polar surface area (TPSA) is 164 Å². The fourth-order valence-electron chi connectivity index (χ4n) is 4.96. The largest absolute Gasteiger partial charge is 0.382 e. The SMILES string of the molecule is COCCOCCOCCOCCOCCOCCOCCOCCOCCOCCOCCOCCOCC1(c2nccc(C(OC)OC)n2)CCC1. The lowest BCUT2D eigenvalue weighted by molar-refractivity contribution is -0.109. The van der Waals surface area contributed by atoms with Gasteiger partial charge in [0, 0.05) is 27.5 Å². The van der Waals surface area contributed by atoms with E-state index in [-0.39, 0.29) is 5.41 Å². The molecule has 0 saturated heterocycles. The monoisotopic (exact) mass is 780 g/mol. The molecule has 2 rings (SSSR count). The van der Waals surface area contributed by atoms with Gasteiger partial charge in [0.1, 0.15) is 5.82 Å². The van der Waals surface area contributed by atoms with Crippen LogP contribution in [0.5, 0.6) is 0 Å². The number of hydrogen-bond acceptors (Lipinski definition) is 17. The molecule has 316 valence electrons. The van der Waals surface area contributed by atoms with E-state index in [0.717, 1.165) is 25.1 Å². The molecule has 54 heavy (non-hydrogen) atoms. The molecule has 0 unspecified atom stereocenters. The molecule has 0 radical (unpaired) electrons. The summed E-state index contributed by atoms with van der Waals surface area (Å²) < 4.78 is 81.9. The molecular weight excluding hydrogens is 712 g/mol. The van der Waals surface area contributed by atoms with Crippen molar-refractivity contribution >= 4 is 0 Å². The second-order valence-electron chi connectivity index (χ2n) is 12.0. The van der Waals surface area contributed by atoms with E-state index in [9.17, 15) is 0 Å². The minimum absolute atomic E-state index is 0.162. The maximum Gasteiger partial charge on any atom is 0.200 e. The third kappa shape index (κ3) is 24.9. The highest BCUT2D eigenvalue weighted by atomic mass is 16.7. The molecule has 1 aliphatic carbocycles. The lowest BCUT2D eigenvalue weighted by atomic mass is 9.68. The fraction of sp³-hybridized carbons (Fsp3) is 0.892. The molecule has 1 aromatic heterocycles. The molecule has 0 spiro atoms. The predicted octanol–water partition coefficient (Wildman–Crippen LogP) is 2.04. The van der Waals surface area contributed by atoms with Crippen LogP contribution in [0.1, 0.15) is 37.1 Å². The molecule has 0 bridgehead atoms. The summed E-state index contributed by atoms with van der Waals surface area (Å²) in [6, 6.07) is 1.81. The smallest absolute Gasteiger partial charge is 0.200 e. The molecule has 0 aliphatic heterocycles. The minimum Gasteiger partial charge on any atom is -0.382 e. The number of ether oxygens (including phenoxy) is 15. The van der Waals surface area contributed by atoms with Crippen molar-refractivity contribution in [1.29, 1.82) is 0 Å². The van der Waals surface area contributed by atoms with E-state index in [1.54, 1.807) is 27.5 Å². The number of hydrogen-bond donors (Lipinski definition) is 0. The Morgan fingerprint density at radius 3 is 1.06 bits per heavy atom. The van der Waals surface area contributed by atoms with Crippen molar-refractivity contribution in [2.24, 2.45) is 0 Å². The molecule has 0 atom stereocenters. The standard InChI is InChI=1S/C37H68N2O15/c1-40-9-10-43-11-12-44-13-14-45-15-16-46-17-18-47-19-20-48-21-22-49-23-24-50-25-26-51-27-28-52-29-30-53-31-32-54-33-37(6-4-7-37)36-38-8-5-34(39-36)35(41-2)42-3/h5,8,35H,4,6-7,9-33H2,1-3H3. The average Bonchev–Trinajstić information content (AvgIpc) is 3.17. The van der Waals surface area contributed by atoms with Crippen molar-refractivity contribution < 1.29 is 71.1 Å². The zero-order valence-corrected chi connectivity index (χ0v) is 33.0. The van der Waals surface area contributed by atoms with Gasteiger partial charge in [-0.3, -0.25) is 0 Å².